The lowest BCUT2D eigenvalue weighted by atomic mass is 10.1. The molecule has 0 aliphatic heterocycles. The first-order chi connectivity index (χ1) is 15.3. The van der Waals surface area contributed by atoms with Crippen molar-refractivity contribution in [2.75, 3.05) is 18.0 Å². The number of fused-ring (bicyclic) bond motifs is 1. The van der Waals surface area contributed by atoms with Crippen molar-refractivity contribution in [3.05, 3.63) is 54.1 Å². The highest BCUT2D eigenvalue weighted by molar-refractivity contribution is 5.75. The van der Waals surface area contributed by atoms with E-state index in [4.69, 9.17) is 19.6 Å². The fourth-order valence-electron chi connectivity index (χ4n) is 3.29. The number of ether oxygens (including phenoxy) is 2. The van der Waals surface area contributed by atoms with Gasteiger partial charge in [-0.25, -0.2) is 4.79 Å². The predicted octanol–water partition coefficient (Wildman–Crippen LogP) is 4.68. The number of carbonyl (C=O) groups excluding carboxylic acids is 1. The molecule has 0 saturated carbocycles. The van der Waals surface area contributed by atoms with Gasteiger partial charge >= 0.3 is 5.97 Å². The molecule has 0 spiro atoms. The number of para-hydroxylation sites is 2. The molecule has 1 atom stereocenters. The molecule has 0 aliphatic carbocycles. The summed E-state index contributed by atoms with van der Waals surface area (Å²) in [5.41, 5.74) is 7.78. The van der Waals surface area contributed by atoms with E-state index >= 15 is 0 Å². The lowest BCUT2D eigenvalue weighted by Gasteiger charge is -2.24. The number of esters is 1. The molecule has 3 aromatic rings. The summed E-state index contributed by atoms with van der Waals surface area (Å²) >= 11 is 0. The van der Waals surface area contributed by atoms with Crippen LogP contribution in [0.25, 0.3) is 11.1 Å². The predicted molar refractivity (Wildman–Crippen MR) is 126 cm³/mol. The zero-order chi connectivity index (χ0) is 23.1. The molecule has 7 heteroatoms. The number of rotatable bonds is 10. The summed E-state index contributed by atoms with van der Waals surface area (Å²) in [6.45, 7) is 9.31. The Bertz CT molecular complexity index is 992. The quantitative estimate of drug-likeness (QED) is 0.459. The van der Waals surface area contributed by atoms with Crippen molar-refractivity contribution in [1.82, 2.24) is 4.98 Å². The molecule has 1 aromatic heterocycles. The lowest BCUT2D eigenvalue weighted by molar-refractivity contribution is -0.163. The average Bonchev–Trinajstić information content (AvgIpc) is 3.18. The first-order valence-corrected chi connectivity index (χ1v) is 11.1. The first kappa shape index (κ1) is 23.6. The second-order valence-corrected chi connectivity index (χ2v) is 8.72. The van der Waals surface area contributed by atoms with Crippen LogP contribution >= 0.6 is 0 Å². The minimum atomic E-state index is -0.658. The van der Waals surface area contributed by atoms with Crippen molar-refractivity contribution in [2.24, 2.45) is 5.73 Å². The van der Waals surface area contributed by atoms with Crippen LogP contribution in [0.15, 0.2) is 52.9 Å². The van der Waals surface area contributed by atoms with E-state index in [1.807, 2.05) is 76.2 Å². The number of hydrogen-bond donors (Lipinski definition) is 1. The van der Waals surface area contributed by atoms with E-state index in [0.717, 1.165) is 23.1 Å². The highest BCUT2D eigenvalue weighted by atomic mass is 16.6. The maximum atomic E-state index is 12.5. The van der Waals surface area contributed by atoms with E-state index in [1.165, 1.54) is 0 Å². The van der Waals surface area contributed by atoms with Crippen LogP contribution in [0.4, 0.5) is 6.01 Å². The van der Waals surface area contributed by atoms with Crippen LogP contribution < -0.4 is 15.4 Å². The Balaban J connectivity index is 1.76. The molecule has 0 amide bonds. The third-order valence-corrected chi connectivity index (χ3v) is 4.78. The Kier molecular flexibility index (Phi) is 7.75. The second-order valence-electron chi connectivity index (χ2n) is 8.72. The summed E-state index contributed by atoms with van der Waals surface area (Å²) in [7, 11) is 0. The minimum absolute atomic E-state index is 0.360. The van der Waals surface area contributed by atoms with Crippen LogP contribution in [0.1, 0.15) is 46.1 Å². The number of nitrogens with two attached hydrogens (primary N) is 1. The van der Waals surface area contributed by atoms with Crippen LogP contribution in [0.2, 0.25) is 0 Å². The number of nitrogens with zero attached hydrogens (tertiary/aromatic N) is 2. The maximum Gasteiger partial charge on any atom is 0.347 e. The van der Waals surface area contributed by atoms with Gasteiger partial charge in [-0.3, -0.25) is 0 Å². The standard InChI is InChI=1S/C25H33N3O4/c1-5-21(23(29)32-25(2,3)4)30-19-11-8-10-18(16-19)17-28(15-9-14-26)24-27-20-12-6-7-13-22(20)31-24/h6-8,10-13,16,21H,5,9,14-15,17,26H2,1-4H3. The zero-order valence-electron chi connectivity index (χ0n) is 19.3. The molecular weight excluding hydrogens is 406 g/mol. The van der Waals surface area contributed by atoms with Gasteiger partial charge in [-0.1, -0.05) is 31.2 Å². The third kappa shape index (κ3) is 6.47. The summed E-state index contributed by atoms with van der Waals surface area (Å²) in [5, 5.41) is 0. The second kappa shape index (κ2) is 10.5. The van der Waals surface area contributed by atoms with E-state index in [9.17, 15) is 4.79 Å². The van der Waals surface area contributed by atoms with E-state index < -0.39 is 11.7 Å². The molecule has 32 heavy (non-hydrogen) atoms. The van der Waals surface area contributed by atoms with Gasteiger partial charge < -0.3 is 24.5 Å². The molecule has 7 nitrogen and oxygen atoms in total. The van der Waals surface area contributed by atoms with E-state index in [-0.39, 0.29) is 5.97 Å². The Morgan fingerprint density at radius 1 is 1.19 bits per heavy atom. The van der Waals surface area contributed by atoms with Gasteiger partial charge in [0.2, 0.25) is 0 Å². The molecule has 2 aromatic carbocycles. The molecule has 0 radical (unpaired) electrons. The first-order valence-electron chi connectivity index (χ1n) is 11.1. The number of aromatic nitrogens is 1. The van der Waals surface area contributed by atoms with Gasteiger partial charge in [-0.15, -0.1) is 0 Å². The van der Waals surface area contributed by atoms with E-state index in [1.54, 1.807) is 0 Å². The number of oxazole rings is 1. The fraction of sp³-hybridized carbons (Fsp3) is 0.440. The highest BCUT2D eigenvalue weighted by Crippen LogP contribution is 2.25. The Morgan fingerprint density at radius 3 is 2.66 bits per heavy atom. The summed E-state index contributed by atoms with van der Waals surface area (Å²) in [6, 6.07) is 16.0. The van der Waals surface area contributed by atoms with Crippen LogP contribution in [0.5, 0.6) is 5.75 Å². The number of hydrogen-bond acceptors (Lipinski definition) is 7. The number of anilines is 1. The van der Waals surface area contributed by atoms with Crippen molar-refractivity contribution >= 4 is 23.1 Å². The molecule has 1 heterocycles. The van der Waals surface area contributed by atoms with Gasteiger partial charge in [0.1, 0.15) is 16.9 Å². The normalized spacial score (nSPS) is 12.5. The zero-order valence-corrected chi connectivity index (χ0v) is 19.3. The van der Waals surface area contributed by atoms with E-state index in [2.05, 4.69) is 9.88 Å². The topological polar surface area (TPSA) is 90.8 Å². The molecule has 0 saturated heterocycles. The van der Waals surface area contributed by atoms with Gasteiger partial charge in [-0.2, -0.15) is 4.98 Å². The molecule has 0 fully saturated rings. The highest BCUT2D eigenvalue weighted by Gasteiger charge is 2.25. The Morgan fingerprint density at radius 2 is 1.97 bits per heavy atom. The van der Waals surface area contributed by atoms with Gasteiger partial charge in [0.05, 0.1) is 0 Å². The van der Waals surface area contributed by atoms with Gasteiger partial charge in [0, 0.05) is 13.1 Å². The van der Waals surface area contributed by atoms with Crippen LogP contribution in [-0.2, 0) is 16.1 Å². The van der Waals surface area contributed by atoms with E-state index in [0.29, 0.717) is 37.8 Å². The molecular formula is C25H33N3O4. The summed E-state index contributed by atoms with van der Waals surface area (Å²) in [5.74, 6) is 0.262. The summed E-state index contributed by atoms with van der Waals surface area (Å²) in [4.78, 5) is 19.2. The van der Waals surface area contributed by atoms with Crippen LogP contribution in [0.3, 0.4) is 0 Å². The number of carbonyl (C=O) groups is 1. The van der Waals surface area contributed by atoms with Crippen molar-refractivity contribution in [1.29, 1.82) is 0 Å². The molecule has 1 unspecified atom stereocenters. The Labute approximate surface area is 189 Å². The summed E-state index contributed by atoms with van der Waals surface area (Å²) in [6.07, 6.45) is 0.672. The number of benzene rings is 2. The van der Waals surface area contributed by atoms with Gasteiger partial charge in [0.25, 0.3) is 6.01 Å². The van der Waals surface area contributed by atoms with Gasteiger partial charge in [0.15, 0.2) is 11.7 Å². The largest absolute Gasteiger partial charge is 0.479 e. The lowest BCUT2D eigenvalue weighted by Crippen LogP contribution is -2.35. The minimum Gasteiger partial charge on any atom is -0.479 e. The summed E-state index contributed by atoms with van der Waals surface area (Å²) < 4.78 is 17.4. The van der Waals surface area contributed by atoms with Crippen molar-refractivity contribution < 1.29 is 18.7 Å². The van der Waals surface area contributed by atoms with Crippen molar-refractivity contribution in [2.45, 2.75) is 58.8 Å². The molecule has 2 N–H and O–H groups in total. The average molecular weight is 440 g/mol. The molecule has 0 aliphatic rings. The Hall–Kier alpha value is -3.06. The molecule has 3 rings (SSSR count). The van der Waals surface area contributed by atoms with Crippen molar-refractivity contribution in [3.63, 3.8) is 0 Å². The smallest absolute Gasteiger partial charge is 0.347 e. The third-order valence-electron chi connectivity index (χ3n) is 4.78. The van der Waals surface area contributed by atoms with Crippen LogP contribution in [-0.4, -0.2) is 35.7 Å². The molecule has 172 valence electrons. The van der Waals surface area contributed by atoms with Crippen molar-refractivity contribution in [3.8, 4) is 5.75 Å². The van der Waals surface area contributed by atoms with Gasteiger partial charge in [-0.05, 0) is 70.0 Å². The molecule has 0 bridgehead atoms. The fourth-order valence-corrected chi connectivity index (χ4v) is 3.29. The van der Waals surface area contributed by atoms with Crippen LogP contribution in [0, 0.1) is 0 Å². The maximum absolute atomic E-state index is 12.5. The monoisotopic (exact) mass is 439 g/mol. The SMILES string of the molecule is CCC(Oc1cccc(CN(CCCN)c2nc3ccccc3o2)c1)C(=O)OC(C)(C)C.